The number of nitrogens with one attached hydrogen (secondary N) is 1. The fraction of sp³-hybridized carbons (Fsp3) is 0.148. The Morgan fingerprint density at radius 1 is 1.03 bits per heavy atom. The Morgan fingerprint density at radius 2 is 1.83 bits per heavy atom. The Balaban J connectivity index is 1.82. The van der Waals surface area contributed by atoms with Gasteiger partial charge in [0.05, 0.1) is 18.2 Å². The summed E-state index contributed by atoms with van der Waals surface area (Å²) in [6, 6.07) is 18.5. The number of H-pyrrole nitrogens is 1. The van der Waals surface area contributed by atoms with Crippen molar-refractivity contribution in [3.63, 3.8) is 0 Å². The predicted octanol–water partition coefficient (Wildman–Crippen LogP) is 5.00. The second-order valence-electron chi connectivity index (χ2n) is 8.39. The number of methoxy groups -OCH3 is 1. The van der Waals surface area contributed by atoms with Gasteiger partial charge in [0, 0.05) is 31.1 Å². The first kappa shape index (κ1) is 22.2. The highest BCUT2D eigenvalue weighted by molar-refractivity contribution is 5.90. The maximum Gasteiger partial charge on any atom is 0.227 e. The molecular formula is C27H24N4O4. The molecular weight excluding hydrogens is 444 g/mol. The van der Waals surface area contributed by atoms with Gasteiger partial charge in [-0.1, -0.05) is 30.3 Å². The molecule has 5 rings (SSSR count). The summed E-state index contributed by atoms with van der Waals surface area (Å²) < 4.78 is 11.2. The molecule has 8 heteroatoms. The van der Waals surface area contributed by atoms with Crippen LogP contribution in [0.1, 0.15) is 5.76 Å². The molecule has 35 heavy (non-hydrogen) atoms. The molecule has 0 atom stereocenters. The van der Waals surface area contributed by atoms with Crippen molar-refractivity contribution in [1.29, 1.82) is 0 Å². The van der Waals surface area contributed by atoms with Gasteiger partial charge in [-0.3, -0.25) is 4.79 Å². The molecule has 0 spiro atoms. The molecule has 3 aromatic heterocycles. The summed E-state index contributed by atoms with van der Waals surface area (Å²) in [6.07, 6.45) is 0. The maximum absolute atomic E-state index is 12.4. The van der Waals surface area contributed by atoms with Crippen molar-refractivity contribution in [3.8, 4) is 45.6 Å². The highest BCUT2D eigenvalue weighted by Gasteiger charge is 2.24. The van der Waals surface area contributed by atoms with Gasteiger partial charge < -0.3 is 24.1 Å². The van der Waals surface area contributed by atoms with E-state index in [1.54, 1.807) is 14.0 Å². The molecule has 0 amide bonds. The van der Waals surface area contributed by atoms with Gasteiger partial charge in [-0.25, -0.2) is 9.97 Å². The third-order valence-corrected chi connectivity index (χ3v) is 5.70. The molecule has 0 aliphatic carbocycles. The smallest absolute Gasteiger partial charge is 0.227 e. The van der Waals surface area contributed by atoms with Crippen LogP contribution in [0.25, 0.3) is 45.0 Å². The van der Waals surface area contributed by atoms with Gasteiger partial charge in [0.1, 0.15) is 34.5 Å². The summed E-state index contributed by atoms with van der Waals surface area (Å²) in [6.45, 7) is 1.66. The minimum atomic E-state index is -0.530. The van der Waals surface area contributed by atoms with Crippen molar-refractivity contribution >= 4 is 16.7 Å². The van der Waals surface area contributed by atoms with Crippen LogP contribution in [0.15, 0.2) is 69.9 Å². The van der Waals surface area contributed by atoms with Crippen LogP contribution in [0, 0.1) is 6.92 Å². The summed E-state index contributed by atoms with van der Waals surface area (Å²) in [4.78, 5) is 27.3. The normalized spacial score (nSPS) is 11.1. The number of anilines is 1. The highest BCUT2D eigenvalue weighted by Crippen LogP contribution is 2.39. The lowest BCUT2D eigenvalue weighted by Crippen LogP contribution is -2.12. The molecule has 176 valence electrons. The largest absolute Gasteiger partial charge is 0.501 e. The Morgan fingerprint density at radius 3 is 2.60 bits per heavy atom. The maximum atomic E-state index is 12.4. The van der Waals surface area contributed by atoms with Crippen LogP contribution in [0.2, 0.25) is 0 Å². The lowest BCUT2D eigenvalue weighted by molar-refractivity contribution is 0.415. The Kier molecular flexibility index (Phi) is 5.49. The van der Waals surface area contributed by atoms with E-state index >= 15 is 0 Å². The summed E-state index contributed by atoms with van der Waals surface area (Å²) in [5.41, 5.74) is 2.70. The first-order chi connectivity index (χ1) is 16.9. The fourth-order valence-electron chi connectivity index (χ4n) is 4.04. The molecule has 0 saturated carbocycles. The molecule has 0 unspecified atom stereocenters. The van der Waals surface area contributed by atoms with Crippen LogP contribution in [-0.2, 0) is 0 Å². The quantitative estimate of drug-likeness (QED) is 0.374. The zero-order chi connectivity index (χ0) is 24.7. The van der Waals surface area contributed by atoms with Crippen LogP contribution >= 0.6 is 0 Å². The highest BCUT2D eigenvalue weighted by atomic mass is 16.5. The van der Waals surface area contributed by atoms with Gasteiger partial charge >= 0.3 is 0 Å². The lowest BCUT2D eigenvalue weighted by atomic mass is 10.1. The number of ether oxygens (including phenoxy) is 1. The van der Waals surface area contributed by atoms with E-state index in [1.165, 1.54) is 6.07 Å². The number of aromatic hydroxyl groups is 1. The van der Waals surface area contributed by atoms with Gasteiger partial charge in [0.25, 0.3) is 0 Å². The molecule has 0 radical (unpaired) electrons. The van der Waals surface area contributed by atoms with Crippen molar-refractivity contribution in [2.24, 2.45) is 0 Å². The third kappa shape index (κ3) is 3.99. The number of para-hydroxylation sites is 1. The number of benzene rings is 2. The minimum absolute atomic E-state index is 0.0201. The number of fused-ring (bicyclic) bond motifs is 1. The average Bonchev–Trinajstić information content (AvgIpc) is 3.30. The van der Waals surface area contributed by atoms with Crippen LogP contribution in [0.3, 0.4) is 0 Å². The zero-order valence-corrected chi connectivity index (χ0v) is 19.8. The summed E-state index contributed by atoms with van der Waals surface area (Å²) in [5.74, 6) is 1.79. The number of pyridine rings is 1. The van der Waals surface area contributed by atoms with E-state index in [-0.39, 0.29) is 5.76 Å². The number of rotatable bonds is 5. The van der Waals surface area contributed by atoms with E-state index in [4.69, 9.17) is 19.1 Å². The molecule has 0 bridgehead atoms. The van der Waals surface area contributed by atoms with Crippen LogP contribution < -0.4 is 15.1 Å². The predicted molar refractivity (Wildman–Crippen MR) is 136 cm³/mol. The van der Waals surface area contributed by atoms with Gasteiger partial charge in [0.15, 0.2) is 5.76 Å². The van der Waals surface area contributed by atoms with Crippen molar-refractivity contribution in [1.82, 2.24) is 15.0 Å². The molecule has 2 N–H and O–H groups in total. The second kappa shape index (κ2) is 8.64. The third-order valence-electron chi connectivity index (χ3n) is 5.70. The summed E-state index contributed by atoms with van der Waals surface area (Å²) in [7, 11) is 5.42. The Hall–Kier alpha value is -4.59. The molecule has 5 aromatic rings. The van der Waals surface area contributed by atoms with Gasteiger partial charge in [0.2, 0.25) is 11.2 Å². The second-order valence-corrected chi connectivity index (χ2v) is 8.39. The molecule has 0 saturated heterocycles. The number of aromatic nitrogens is 3. The topological polar surface area (TPSA) is 104 Å². The van der Waals surface area contributed by atoms with Crippen molar-refractivity contribution in [3.05, 3.63) is 76.6 Å². The molecule has 3 heterocycles. The molecule has 2 aromatic carbocycles. The number of aromatic amines is 1. The Bertz CT molecular complexity index is 1620. The van der Waals surface area contributed by atoms with Gasteiger partial charge in [-0.2, -0.15) is 0 Å². The van der Waals surface area contributed by atoms with Crippen molar-refractivity contribution < 1.29 is 14.3 Å². The lowest BCUT2D eigenvalue weighted by Gasteiger charge is -2.16. The summed E-state index contributed by atoms with van der Waals surface area (Å²) in [5, 5.41) is 11.6. The Labute approximate surface area is 201 Å². The van der Waals surface area contributed by atoms with Crippen molar-refractivity contribution in [2.45, 2.75) is 6.92 Å². The van der Waals surface area contributed by atoms with E-state index in [0.29, 0.717) is 28.7 Å². The number of aryl methyl sites for hydroxylation is 1. The van der Waals surface area contributed by atoms with Crippen LogP contribution in [-0.4, -0.2) is 41.3 Å². The van der Waals surface area contributed by atoms with E-state index in [1.807, 2.05) is 73.6 Å². The van der Waals surface area contributed by atoms with Gasteiger partial charge in [-0.05, 0) is 31.2 Å². The first-order valence-electron chi connectivity index (χ1n) is 11.0. The standard InChI is InChI=1S/C27H24N4O4/c1-15-12-21(32)24(33)25(35-15)23-22(17-9-7-10-18(13-17)34-4)29-26(30-23)19-14-16-8-5-6-11-20(16)28-27(19)31(2)3/h5-14,33H,1-4H3,(H,29,30). The van der Waals surface area contributed by atoms with Crippen LogP contribution in [0.5, 0.6) is 11.5 Å². The van der Waals surface area contributed by atoms with E-state index < -0.39 is 11.2 Å². The minimum Gasteiger partial charge on any atom is -0.501 e. The van der Waals surface area contributed by atoms with E-state index in [0.717, 1.165) is 27.8 Å². The molecule has 8 nitrogen and oxygen atoms in total. The SMILES string of the molecule is COc1cccc(-c2nc(-c3cc4ccccc4nc3N(C)C)[nH]c2-c2oc(C)cc(=O)c2O)c1. The fourth-order valence-corrected chi connectivity index (χ4v) is 4.04. The monoisotopic (exact) mass is 468 g/mol. The van der Waals surface area contributed by atoms with E-state index in [9.17, 15) is 9.90 Å². The number of hydrogen-bond donors (Lipinski definition) is 2. The summed E-state index contributed by atoms with van der Waals surface area (Å²) >= 11 is 0. The first-order valence-corrected chi connectivity index (χ1v) is 11.0. The number of nitrogens with zero attached hydrogens (tertiary/aromatic N) is 3. The number of imidazole rings is 1. The van der Waals surface area contributed by atoms with E-state index in [2.05, 4.69) is 4.98 Å². The zero-order valence-electron chi connectivity index (χ0n) is 19.8. The van der Waals surface area contributed by atoms with Crippen LogP contribution in [0.4, 0.5) is 5.82 Å². The van der Waals surface area contributed by atoms with Gasteiger partial charge in [-0.15, -0.1) is 0 Å². The molecule has 0 aliphatic rings. The van der Waals surface area contributed by atoms with Crippen molar-refractivity contribution in [2.75, 3.05) is 26.1 Å². The average molecular weight is 469 g/mol. The molecule has 0 fully saturated rings. The molecule has 0 aliphatic heterocycles. The number of hydrogen-bond acceptors (Lipinski definition) is 7.